The van der Waals surface area contributed by atoms with Crippen LogP contribution in [0.2, 0.25) is 0 Å². The first-order valence-electron chi connectivity index (χ1n) is 7.83. The van der Waals surface area contributed by atoms with Crippen LogP contribution in [0.5, 0.6) is 0 Å². The largest absolute Gasteiger partial charge is 0.395 e. The van der Waals surface area contributed by atoms with Gasteiger partial charge in [-0.3, -0.25) is 14.1 Å². The van der Waals surface area contributed by atoms with Gasteiger partial charge in [0.25, 0.3) is 5.91 Å². The SMILES string of the molecule is CCc1nc2ccccn2c1C(=O)N1CCN(CCO)CC1. The molecule has 2 aromatic heterocycles. The predicted octanol–water partition coefficient (Wildman–Crippen LogP) is 0.647. The summed E-state index contributed by atoms with van der Waals surface area (Å²) in [6, 6.07) is 5.78. The molecule has 118 valence electrons. The molecule has 6 heteroatoms. The van der Waals surface area contributed by atoms with Gasteiger partial charge in [-0.15, -0.1) is 0 Å². The minimum absolute atomic E-state index is 0.0548. The Bertz CT molecular complexity index is 659. The van der Waals surface area contributed by atoms with Crippen molar-refractivity contribution >= 4 is 11.6 Å². The molecule has 0 aliphatic carbocycles. The number of hydrogen-bond acceptors (Lipinski definition) is 4. The number of fused-ring (bicyclic) bond motifs is 1. The van der Waals surface area contributed by atoms with Crippen molar-refractivity contribution in [2.24, 2.45) is 0 Å². The van der Waals surface area contributed by atoms with Crippen LogP contribution in [-0.4, -0.2) is 69.5 Å². The number of carbonyl (C=O) groups excluding carboxylic acids is 1. The molecule has 1 aliphatic heterocycles. The highest BCUT2D eigenvalue weighted by molar-refractivity contribution is 5.94. The van der Waals surface area contributed by atoms with Gasteiger partial charge in [-0.2, -0.15) is 0 Å². The van der Waals surface area contributed by atoms with Gasteiger partial charge >= 0.3 is 0 Å². The minimum atomic E-state index is 0.0548. The smallest absolute Gasteiger partial charge is 0.272 e. The van der Waals surface area contributed by atoms with Crippen molar-refractivity contribution in [2.45, 2.75) is 13.3 Å². The lowest BCUT2D eigenvalue weighted by molar-refractivity contribution is 0.0607. The molecule has 1 N–H and O–H groups in total. The lowest BCUT2D eigenvalue weighted by atomic mass is 10.2. The summed E-state index contributed by atoms with van der Waals surface area (Å²) < 4.78 is 1.89. The molecule has 0 radical (unpaired) electrons. The van der Waals surface area contributed by atoms with E-state index in [2.05, 4.69) is 9.88 Å². The van der Waals surface area contributed by atoms with Gasteiger partial charge in [0.15, 0.2) is 0 Å². The maximum atomic E-state index is 12.9. The van der Waals surface area contributed by atoms with Crippen LogP contribution in [0.3, 0.4) is 0 Å². The van der Waals surface area contributed by atoms with Crippen LogP contribution < -0.4 is 0 Å². The zero-order valence-corrected chi connectivity index (χ0v) is 12.9. The molecule has 22 heavy (non-hydrogen) atoms. The van der Waals surface area contributed by atoms with Gasteiger partial charge in [-0.05, 0) is 18.6 Å². The molecule has 1 aliphatic rings. The van der Waals surface area contributed by atoms with Gasteiger partial charge in [-0.1, -0.05) is 13.0 Å². The van der Waals surface area contributed by atoms with Crippen LogP contribution in [-0.2, 0) is 6.42 Å². The van der Waals surface area contributed by atoms with Gasteiger partial charge in [0.05, 0.1) is 12.3 Å². The summed E-state index contributed by atoms with van der Waals surface area (Å²) in [7, 11) is 0. The third kappa shape index (κ3) is 2.71. The Labute approximate surface area is 130 Å². The first kappa shape index (κ1) is 15.0. The van der Waals surface area contributed by atoms with E-state index in [1.807, 2.05) is 40.6 Å². The first-order valence-corrected chi connectivity index (χ1v) is 7.83. The number of piperazine rings is 1. The van der Waals surface area contributed by atoms with Gasteiger partial charge in [-0.25, -0.2) is 4.98 Å². The highest BCUT2D eigenvalue weighted by atomic mass is 16.3. The molecule has 3 rings (SSSR count). The summed E-state index contributed by atoms with van der Waals surface area (Å²) in [5.41, 5.74) is 2.37. The van der Waals surface area contributed by atoms with E-state index in [4.69, 9.17) is 5.11 Å². The lowest BCUT2D eigenvalue weighted by Gasteiger charge is -2.34. The highest BCUT2D eigenvalue weighted by Crippen LogP contribution is 2.16. The quantitative estimate of drug-likeness (QED) is 0.901. The van der Waals surface area contributed by atoms with Crippen molar-refractivity contribution in [2.75, 3.05) is 39.3 Å². The third-order valence-electron chi connectivity index (χ3n) is 4.22. The molecule has 0 spiro atoms. The number of amides is 1. The van der Waals surface area contributed by atoms with Gasteiger partial charge in [0, 0.05) is 38.9 Å². The Hall–Kier alpha value is -1.92. The minimum Gasteiger partial charge on any atom is -0.395 e. The predicted molar refractivity (Wildman–Crippen MR) is 84.0 cm³/mol. The van der Waals surface area contributed by atoms with Crippen LogP contribution >= 0.6 is 0 Å². The molecule has 1 fully saturated rings. The van der Waals surface area contributed by atoms with Crippen molar-refractivity contribution in [1.82, 2.24) is 19.2 Å². The number of nitrogens with zero attached hydrogens (tertiary/aromatic N) is 4. The van der Waals surface area contributed by atoms with E-state index in [1.165, 1.54) is 0 Å². The normalized spacial score (nSPS) is 16.4. The summed E-state index contributed by atoms with van der Waals surface area (Å²) in [5, 5.41) is 9.00. The standard InChI is InChI=1S/C16H22N4O2/c1-2-13-15(20-6-4-3-5-14(20)17-13)16(22)19-9-7-18(8-10-19)11-12-21/h3-6,21H,2,7-12H2,1H3. The molecule has 0 unspecified atom stereocenters. The Balaban J connectivity index is 1.84. The molecule has 0 aromatic carbocycles. The van der Waals surface area contributed by atoms with E-state index in [0.717, 1.165) is 30.9 Å². The van der Waals surface area contributed by atoms with Crippen LogP contribution in [0.25, 0.3) is 5.65 Å². The van der Waals surface area contributed by atoms with E-state index in [9.17, 15) is 4.79 Å². The molecule has 2 aromatic rings. The van der Waals surface area contributed by atoms with Crippen molar-refractivity contribution in [3.05, 3.63) is 35.8 Å². The zero-order chi connectivity index (χ0) is 15.5. The highest BCUT2D eigenvalue weighted by Gasteiger charge is 2.26. The molecule has 1 saturated heterocycles. The number of hydrogen-bond donors (Lipinski definition) is 1. The third-order valence-corrected chi connectivity index (χ3v) is 4.22. The van der Waals surface area contributed by atoms with Crippen LogP contribution in [0, 0.1) is 0 Å². The Morgan fingerprint density at radius 2 is 2.05 bits per heavy atom. The van der Waals surface area contributed by atoms with Crippen molar-refractivity contribution in [3.63, 3.8) is 0 Å². The Morgan fingerprint density at radius 3 is 2.73 bits per heavy atom. The summed E-state index contributed by atoms with van der Waals surface area (Å²) >= 11 is 0. The molecule has 6 nitrogen and oxygen atoms in total. The van der Waals surface area contributed by atoms with Crippen molar-refractivity contribution in [3.8, 4) is 0 Å². The Morgan fingerprint density at radius 1 is 1.27 bits per heavy atom. The fourth-order valence-corrected chi connectivity index (χ4v) is 2.98. The number of aliphatic hydroxyl groups excluding tert-OH is 1. The monoisotopic (exact) mass is 302 g/mol. The number of aliphatic hydroxyl groups is 1. The average molecular weight is 302 g/mol. The van der Waals surface area contributed by atoms with Gasteiger partial charge in [0.2, 0.25) is 0 Å². The maximum Gasteiger partial charge on any atom is 0.272 e. The number of aryl methyl sites for hydroxylation is 1. The second-order valence-corrected chi connectivity index (χ2v) is 5.55. The fourth-order valence-electron chi connectivity index (χ4n) is 2.98. The Kier molecular flexibility index (Phi) is 4.40. The van der Waals surface area contributed by atoms with Crippen molar-refractivity contribution < 1.29 is 9.90 Å². The topological polar surface area (TPSA) is 61.1 Å². The van der Waals surface area contributed by atoms with Gasteiger partial charge in [0.1, 0.15) is 11.3 Å². The van der Waals surface area contributed by atoms with E-state index in [1.54, 1.807) is 0 Å². The molecule has 0 atom stereocenters. The van der Waals surface area contributed by atoms with E-state index < -0.39 is 0 Å². The number of rotatable bonds is 4. The fraction of sp³-hybridized carbons (Fsp3) is 0.500. The van der Waals surface area contributed by atoms with E-state index in [-0.39, 0.29) is 12.5 Å². The molecular formula is C16H22N4O2. The molecular weight excluding hydrogens is 280 g/mol. The maximum absolute atomic E-state index is 12.9. The zero-order valence-electron chi connectivity index (χ0n) is 12.9. The van der Waals surface area contributed by atoms with Crippen LogP contribution in [0.15, 0.2) is 24.4 Å². The molecule has 3 heterocycles. The van der Waals surface area contributed by atoms with Crippen LogP contribution in [0.1, 0.15) is 23.1 Å². The molecule has 0 saturated carbocycles. The number of carbonyl (C=O) groups is 1. The summed E-state index contributed by atoms with van der Waals surface area (Å²) in [4.78, 5) is 21.6. The number of imidazole rings is 1. The molecule has 0 bridgehead atoms. The number of aromatic nitrogens is 2. The second-order valence-electron chi connectivity index (χ2n) is 5.55. The lowest BCUT2D eigenvalue weighted by Crippen LogP contribution is -2.49. The van der Waals surface area contributed by atoms with Gasteiger partial charge < -0.3 is 10.0 Å². The average Bonchev–Trinajstić information content (AvgIpc) is 2.93. The first-order chi connectivity index (χ1) is 10.7. The number of β-amino-alcohol motifs (C(OH)–C–C–N with tert-alkyl or cyclic N) is 1. The number of pyridine rings is 1. The van der Waals surface area contributed by atoms with Crippen LogP contribution in [0.4, 0.5) is 0 Å². The summed E-state index contributed by atoms with van der Waals surface area (Å²) in [5.74, 6) is 0.0548. The van der Waals surface area contributed by atoms with E-state index >= 15 is 0 Å². The molecule has 1 amide bonds. The van der Waals surface area contributed by atoms with Crippen molar-refractivity contribution in [1.29, 1.82) is 0 Å². The summed E-state index contributed by atoms with van der Waals surface area (Å²) in [6.07, 6.45) is 2.64. The summed E-state index contributed by atoms with van der Waals surface area (Å²) in [6.45, 7) is 5.88. The second kappa shape index (κ2) is 6.46. The van der Waals surface area contributed by atoms with E-state index in [0.29, 0.717) is 25.3 Å².